The number of nitrogens with one attached hydrogen (secondary N) is 1. The summed E-state index contributed by atoms with van der Waals surface area (Å²) in [7, 11) is 0. The Morgan fingerprint density at radius 2 is 1.69 bits per heavy atom. The molecule has 1 aromatic carbocycles. The van der Waals surface area contributed by atoms with Gasteiger partial charge in [-0.15, -0.1) is 0 Å². The summed E-state index contributed by atoms with van der Waals surface area (Å²) in [5.41, 5.74) is 2.77. The molecule has 0 saturated carbocycles. The second-order valence-corrected chi connectivity index (χ2v) is 10.6. The van der Waals surface area contributed by atoms with Gasteiger partial charge in [-0.3, -0.25) is 4.90 Å². The van der Waals surface area contributed by atoms with Gasteiger partial charge in [0.2, 0.25) is 11.8 Å². The van der Waals surface area contributed by atoms with E-state index in [-0.39, 0.29) is 0 Å². The van der Waals surface area contributed by atoms with Crippen LogP contribution in [0.2, 0.25) is 10.0 Å². The third kappa shape index (κ3) is 6.65. The highest BCUT2D eigenvalue weighted by Crippen LogP contribution is 2.30. The van der Waals surface area contributed by atoms with Crippen LogP contribution in [0.15, 0.2) is 42.7 Å². The first-order valence-electron chi connectivity index (χ1n) is 12.7. The Bertz CT molecular complexity index is 1150. The predicted octanol–water partition coefficient (Wildman–Crippen LogP) is 5.67. The lowest BCUT2D eigenvalue weighted by Crippen LogP contribution is -2.44. The highest BCUT2D eigenvalue weighted by atomic mass is 35.5. The van der Waals surface area contributed by atoms with Gasteiger partial charge in [0.1, 0.15) is 0 Å². The quantitative estimate of drug-likeness (QED) is 0.443. The Morgan fingerprint density at radius 3 is 2.44 bits per heavy atom. The number of anilines is 1. The topological polar surface area (TPSA) is 66.4 Å². The first-order chi connectivity index (χ1) is 17.5. The summed E-state index contributed by atoms with van der Waals surface area (Å²) >= 11 is 12.6. The second kappa shape index (κ2) is 11.7. The fourth-order valence-electron chi connectivity index (χ4n) is 4.80. The number of hydrogen-bond donors (Lipinski definition) is 1. The average molecular weight is 528 g/mol. The zero-order chi connectivity index (χ0) is 24.9. The zero-order valence-electron chi connectivity index (χ0n) is 20.6. The number of hydrogen-bond acceptors (Lipinski definition) is 7. The van der Waals surface area contributed by atoms with Crippen molar-refractivity contribution in [1.82, 2.24) is 25.2 Å². The Balaban J connectivity index is 1.40. The molecule has 0 amide bonds. The smallest absolute Gasteiger partial charge is 0.225 e. The Hall–Kier alpha value is -2.45. The van der Waals surface area contributed by atoms with Gasteiger partial charge in [0.15, 0.2) is 5.75 Å². The molecule has 3 aromatic rings. The normalized spacial score (nSPS) is 19.2. The molecule has 1 N–H and O–H groups in total. The summed E-state index contributed by atoms with van der Waals surface area (Å²) in [5, 5.41) is 4.49. The minimum absolute atomic E-state index is 0.500. The van der Waals surface area contributed by atoms with Gasteiger partial charge in [-0.1, -0.05) is 30.1 Å². The van der Waals surface area contributed by atoms with Crippen molar-refractivity contribution < 1.29 is 4.74 Å². The van der Waals surface area contributed by atoms with E-state index in [1.54, 1.807) is 18.5 Å². The fourth-order valence-corrected chi connectivity index (χ4v) is 5.33. The van der Waals surface area contributed by atoms with Crippen LogP contribution in [0.1, 0.15) is 31.7 Å². The SMILES string of the molecule is CC1CCCN(Cc2cc(Oc3cnc(N4CCNCC4)nc3)nc(-c3cc(Cl)cc(Cl)c3)c2)CC1. The number of halogens is 2. The molecule has 2 saturated heterocycles. The molecule has 2 aromatic heterocycles. The average Bonchev–Trinajstić information content (AvgIpc) is 3.08. The summed E-state index contributed by atoms with van der Waals surface area (Å²) in [5.74, 6) is 2.55. The van der Waals surface area contributed by atoms with Gasteiger partial charge in [-0.2, -0.15) is 0 Å². The molecule has 36 heavy (non-hydrogen) atoms. The standard InChI is InChI=1S/C27H32Cl2N6O/c1-19-3-2-7-34(8-4-19)18-20-11-25(21-13-22(28)15-23(29)14-21)33-26(12-20)36-24-16-31-27(32-17-24)35-9-5-30-6-10-35/h11-17,19,30H,2-10,18H2,1H3. The van der Waals surface area contributed by atoms with Crippen LogP contribution in [0.4, 0.5) is 5.95 Å². The zero-order valence-corrected chi connectivity index (χ0v) is 22.1. The van der Waals surface area contributed by atoms with Crippen molar-refractivity contribution in [2.45, 2.75) is 32.7 Å². The minimum Gasteiger partial charge on any atom is -0.436 e. The lowest BCUT2D eigenvalue weighted by molar-refractivity contribution is 0.273. The molecular weight excluding hydrogens is 495 g/mol. The van der Waals surface area contributed by atoms with E-state index in [0.29, 0.717) is 21.7 Å². The molecule has 4 heterocycles. The first kappa shape index (κ1) is 25.2. The van der Waals surface area contributed by atoms with Crippen LogP contribution in [0, 0.1) is 5.92 Å². The number of rotatable bonds is 6. The van der Waals surface area contributed by atoms with Gasteiger partial charge in [-0.25, -0.2) is 15.0 Å². The van der Waals surface area contributed by atoms with Crippen LogP contribution in [0.5, 0.6) is 11.6 Å². The molecule has 2 aliphatic heterocycles. The van der Waals surface area contributed by atoms with Crippen LogP contribution in [0.3, 0.4) is 0 Å². The molecule has 2 fully saturated rings. The van der Waals surface area contributed by atoms with E-state index < -0.39 is 0 Å². The van der Waals surface area contributed by atoms with Crippen molar-refractivity contribution in [3.63, 3.8) is 0 Å². The third-order valence-corrected chi connectivity index (χ3v) is 7.21. The third-order valence-electron chi connectivity index (χ3n) is 6.77. The number of likely N-dealkylation sites (tertiary alicyclic amines) is 1. The van der Waals surface area contributed by atoms with Gasteiger partial charge in [0, 0.05) is 54.4 Å². The maximum Gasteiger partial charge on any atom is 0.225 e. The van der Waals surface area contributed by atoms with Crippen LogP contribution in [-0.2, 0) is 6.54 Å². The molecule has 190 valence electrons. The van der Waals surface area contributed by atoms with Crippen molar-refractivity contribution in [2.24, 2.45) is 5.92 Å². The maximum absolute atomic E-state index is 6.30. The summed E-state index contributed by atoms with van der Waals surface area (Å²) in [6, 6.07) is 9.59. The monoisotopic (exact) mass is 526 g/mol. The van der Waals surface area contributed by atoms with Gasteiger partial charge in [0.05, 0.1) is 18.1 Å². The molecule has 5 rings (SSSR count). The second-order valence-electron chi connectivity index (χ2n) is 9.73. The van der Waals surface area contributed by atoms with Gasteiger partial charge in [0.25, 0.3) is 0 Å². The lowest BCUT2D eigenvalue weighted by Gasteiger charge is -2.27. The molecule has 9 heteroatoms. The molecular formula is C27H32Cl2N6O. The van der Waals surface area contributed by atoms with E-state index in [4.69, 9.17) is 32.9 Å². The molecule has 1 unspecified atom stereocenters. The van der Waals surface area contributed by atoms with E-state index >= 15 is 0 Å². The van der Waals surface area contributed by atoms with Gasteiger partial charge in [-0.05, 0) is 68.1 Å². The number of pyridine rings is 1. The van der Waals surface area contributed by atoms with E-state index in [2.05, 4.69) is 38.1 Å². The fraction of sp³-hybridized carbons (Fsp3) is 0.444. The highest BCUT2D eigenvalue weighted by molar-refractivity contribution is 6.35. The summed E-state index contributed by atoms with van der Waals surface area (Å²) in [6.07, 6.45) is 7.16. The predicted molar refractivity (Wildman–Crippen MR) is 145 cm³/mol. The lowest BCUT2D eigenvalue weighted by atomic mass is 10.0. The summed E-state index contributed by atoms with van der Waals surface area (Å²) in [6.45, 7) is 9.04. The first-order valence-corrected chi connectivity index (χ1v) is 13.4. The number of nitrogens with zero attached hydrogens (tertiary/aromatic N) is 5. The number of ether oxygens (including phenoxy) is 1. The van der Waals surface area contributed by atoms with Crippen LogP contribution >= 0.6 is 23.2 Å². The number of benzene rings is 1. The van der Waals surface area contributed by atoms with Gasteiger partial charge >= 0.3 is 0 Å². The molecule has 0 radical (unpaired) electrons. The van der Waals surface area contributed by atoms with Crippen LogP contribution in [0.25, 0.3) is 11.3 Å². The van der Waals surface area contributed by atoms with E-state index in [0.717, 1.165) is 74.5 Å². The molecule has 0 spiro atoms. The Labute approximate surface area is 222 Å². The van der Waals surface area contributed by atoms with Crippen LogP contribution < -0.4 is 15.0 Å². The van der Waals surface area contributed by atoms with E-state index in [1.807, 2.05) is 18.2 Å². The van der Waals surface area contributed by atoms with Crippen molar-refractivity contribution in [1.29, 1.82) is 0 Å². The van der Waals surface area contributed by atoms with E-state index in [1.165, 1.54) is 19.3 Å². The maximum atomic E-state index is 6.30. The minimum atomic E-state index is 0.500. The molecule has 0 bridgehead atoms. The van der Waals surface area contributed by atoms with E-state index in [9.17, 15) is 0 Å². The van der Waals surface area contributed by atoms with Crippen molar-refractivity contribution in [2.75, 3.05) is 44.2 Å². The Morgan fingerprint density at radius 1 is 0.944 bits per heavy atom. The molecule has 0 aliphatic carbocycles. The van der Waals surface area contributed by atoms with Crippen LogP contribution in [-0.4, -0.2) is 59.1 Å². The van der Waals surface area contributed by atoms with Crippen molar-refractivity contribution >= 4 is 29.2 Å². The van der Waals surface area contributed by atoms with Crippen molar-refractivity contribution in [3.05, 3.63) is 58.3 Å². The summed E-state index contributed by atoms with van der Waals surface area (Å²) < 4.78 is 6.16. The summed E-state index contributed by atoms with van der Waals surface area (Å²) in [4.78, 5) is 18.5. The molecule has 1 atom stereocenters. The number of aromatic nitrogens is 3. The van der Waals surface area contributed by atoms with Crippen molar-refractivity contribution in [3.8, 4) is 22.9 Å². The highest BCUT2D eigenvalue weighted by Gasteiger charge is 2.17. The molecule has 2 aliphatic rings. The molecule has 7 nitrogen and oxygen atoms in total. The van der Waals surface area contributed by atoms with Gasteiger partial charge < -0.3 is 15.0 Å². The largest absolute Gasteiger partial charge is 0.436 e. The Kier molecular flexibility index (Phi) is 8.22. The number of piperazine rings is 1.